The lowest BCUT2D eigenvalue weighted by atomic mass is 10.0. The third kappa shape index (κ3) is 3.46. The molecular weight excluding hydrogens is 266 g/mol. The molecule has 1 saturated heterocycles. The van der Waals surface area contributed by atoms with Gasteiger partial charge in [0.2, 0.25) is 0 Å². The minimum absolute atomic E-state index is 0.00247. The maximum absolute atomic E-state index is 12.5. The van der Waals surface area contributed by atoms with Crippen molar-refractivity contribution in [3.63, 3.8) is 0 Å². The lowest BCUT2D eigenvalue weighted by molar-refractivity contribution is 0.0694. The molecule has 116 valence electrons. The van der Waals surface area contributed by atoms with E-state index in [4.69, 9.17) is 4.52 Å². The molecule has 0 radical (unpaired) electrons. The van der Waals surface area contributed by atoms with Crippen molar-refractivity contribution in [1.29, 1.82) is 0 Å². The van der Waals surface area contributed by atoms with E-state index >= 15 is 0 Å². The maximum Gasteiger partial charge on any atom is 0.276 e. The summed E-state index contributed by atoms with van der Waals surface area (Å²) in [6.07, 6.45) is 5.26. The summed E-state index contributed by atoms with van der Waals surface area (Å²) in [6, 6.07) is 2.10. The van der Waals surface area contributed by atoms with Crippen molar-refractivity contribution in [3.05, 3.63) is 18.0 Å². The molecule has 5 heteroatoms. The fraction of sp³-hybridized carbons (Fsp3) is 0.750. The SMILES string of the molecule is CC(C)C1CN(C(=O)c2ccon2)CCCN1CC1CC1. The van der Waals surface area contributed by atoms with Crippen LogP contribution in [0.1, 0.15) is 43.6 Å². The fourth-order valence-corrected chi connectivity index (χ4v) is 3.22. The lowest BCUT2D eigenvalue weighted by Crippen LogP contribution is -2.46. The van der Waals surface area contributed by atoms with Gasteiger partial charge >= 0.3 is 0 Å². The zero-order valence-electron chi connectivity index (χ0n) is 13.0. The highest BCUT2D eigenvalue weighted by Crippen LogP contribution is 2.32. The van der Waals surface area contributed by atoms with Gasteiger partial charge < -0.3 is 9.42 Å². The number of amides is 1. The van der Waals surface area contributed by atoms with Gasteiger partial charge in [-0.25, -0.2) is 0 Å². The van der Waals surface area contributed by atoms with Gasteiger partial charge in [-0.2, -0.15) is 0 Å². The van der Waals surface area contributed by atoms with Crippen LogP contribution in [-0.4, -0.2) is 53.1 Å². The van der Waals surface area contributed by atoms with E-state index in [1.54, 1.807) is 6.07 Å². The number of rotatable bonds is 4. The second-order valence-corrected chi connectivity index (χ2v) is 6.74. The Kier molecular flexibility index (Phi) is 4.29. The fourth-order valence-electron chi connectivity index (χ4n) is 3.22. The van der Waals surface area contributed by atoms with Gasteiger partial charge in [0.05, 0.1) is 0 Å². The molecule has 0 N–H and O–H groups in total. The van der Waals surface area contributed by atoms with E-state index in [9.17, 15) is 4.79 Å². The van der Waals surface area contributed by atoms with Crippen LogP contribution in [0.3, 0.4) is 0 Å². The van der Waals surface area contributed by atoms with Crippen molar-refractivity contribution < 1.29 is 9.32 Å². The van der Waals surface area contributed by atoms with Crippen molar-refractivity contribution in [2.45, 2.75) is 39.2 Å². The summed E-state index contributed by atoms with van der Waals surface area (Å²) < 4.78 is 4.81. The topological polar surface area (TPSA) is 49.6 Å². The summed E-state index contributed by atoms with van der Waals surface area (Å²) in [4.78, 5) is 17.1. The van der Waals surface area contributed by atoms with E-state index in [0.29, 0.717) is 17.7 Å². The van der Waals surface area contributed by atoms with Crippen LogP contribution < -0.4 is 0 Å². The molecule has 2 aliphatic rings. The van der Waals surface area contributed by atoms with Crippen LogP contribution in [0.4, 0.5) is 0 Å². The first kappa shape index (κ1) is 14.6. The number of aromatic nitrogens is 1. The minimum Gasteiger partial charge on any atom is -0.364 e. The predicted octanol–water partition coefficient (Wildman–Crippen LogP) is 2.26. The Morgan fingerprint density at radius 3 is 2.86 bits per heavy atom. The molecule has 1 atom stereocenters. The highest BCUT2D eigenvalue weighted by atomic mass is 16.5. The lowest BCUT2D eigenvalue weighted by Gasteiger charge is -2.34. The summed E-state index contributed by atoms with van der Waals surface area (Å²) in [5, 5.41) is 3.79. The maximum atomic E-state index is 12.5. The van der Waals surface area contributed by atoms with Crippen molar-refractivity contribution >= 4 is 5.91 Å². The highest BCUT2D eigenvalue weighted by molar-refractivity contribution is 5.92. The molecule has 5 nitrogen and oxygen atoms in total. The third-order valence-electron chi connectivity index (χ3n) is 4.65. The second-order valence-electron chi connectivity index (χ2n) is 6.74. The van der Waals surface area contributed by atoms with E-state index in [0.717, 1.165) is 32.0 Å². The largest absolute Gasteiger partial charge is 0.364 e. The minimum atomic E-state index is 0.00247. The van der Waals surface area contributed by atoms with Gasteiger partial charge in [-0.05, 0) is 31.1 Å². The van der Waals surface area contributed by atoms with Crippen LogP contribution >= 0.6 is 0 Å². The summed E-state index contributed by atoms with van der Waals surface area (Å²) in [6.45, 7) is 8.44. The van der Waals surface area contributed by atoms with Crippen molar-refractivity contribution in [3.8, 4) is 0 Å². The van der Waals surface area contributed by atoms with Gasteiger partial charge in [0.1, 0.15) is 6.26 Å². The molecule has 21 heavy (non-hydrogen) atoms. The first-order chi connectivity index (χ1) is 10.1. The van der Waals surface area contributed by atoms with Gasteiger partial charge in [-0.15, -0.1) is 0 Å². The van der Waals surface area contributed by atoms with E-state index in [2.05, 4.69) is 23.9 Å². The van der Waals surface area contributed by atoms with Crippen LogP contribution in [0.5, 0.6) is 0 Å². The smallest absolute Gasteiger partial charge is 0.276 e. The molecule has 2 fully saturated rings. The average molecular weight is 291 g/mol. The molecule has 0 aromatic carbocycles. The second kappa shape index (κ2) is 6.18. The zero-order valence-corrected chi connectivity index (χ0v) is 13.0. The summed E-state index contributed by atoms with van der Waals surface area (Å²) in [5.41, 5.74) is 0.424. The molecule has 2 heterocycles. The van der Waals surface area contributed by atoms with Gasteiger partial charge in [0.15, 0.2) is 5.69 Å². The first-order valence-electron chi connectivity index (χ1n) is 8.09. The van der Waals surface area contributed by atoms with Crippen LogP contribution in [0.2, 0.25) is 0 Å². The Hall–Kier alpha value is -1.36. The standard InChI is InChI=1S/C16H25N3O2/c1-12(2)15-11-19(16(20)14-6-9-21-17-14)8-3-7-18(15)10-13-4-5-13/h6,9,12-13,15H,3-5,7-8,10-11H2,1-2H3. The molecule has 1 aromatic rings. The molecule has 1 unspecified atom stereocenters. The van der Waals surface area contributed by atoms with Crippen molar-refractivity contribution in [2.75, 3.05) is 26.2 Å². The van der Waals surface area contributed by atoms with E-state index in [1.165, 1.54) is 25.6 Å². The highest BCUT2D eigenvalue weighted by Gasteiger charge is 2.33. The predicted molar refractivity (Wildman–Crippen MR) is 79.9 cm³/mol. The quantitative estimate of drug-likeness (QED) is 0.854. The van der Waals surface area contributed by atoms with Crippen LogP contribution in [0, 0.1) is 11.8 Å². The molecule has 1 amide bonds. The molecule has 0 spiro atoms. The van der Waals surface area contributed by atoms with Crippen molar-refractivity contribution in [1.82, 2.24) is 15.0 Å². The average Bonchev–Trinajstić information content (AvgIpc) is 3.16. The number of carbonyl (C=O) groups is 1. The molecule has 0 bridgehead atoms. The first-order valence-corrected chi connectivity index (χ1v) is 8.09. The summed E-state index contributed by atoms with van der Waals surface area (Å²) in [5.74, 6) is 1.45. The third-order valence-corrected chi connectivity index (χ3v) is 4.65. The normalized spacial score (nSPS) is 24.3. The van der Waals surface area contributed by atoms with Crippen molar-refractivity contribution in [2.24, 2.45) is 11.8 Å². The number of nitrogens with zero attached hydrogens (tertiary/aromatic N) is 3. The molecular formula is C16H25N3O2. The van der Waals surface area contributed by atoms with Crippen LogP contribution in [0.15, 0.2) is 16.9 Å². The van der Waals surface area contributed by atoms with E-state index in [-0.39, 0.29) is 5.91 Å². The number of carbonyl (C=O) groups excluding carboxylic acids is 1. The van der Waals surface area contributed by atoms with Gasteiger partial charge in [-0.3, -0.25) is 9.69 Å². The Morgan fingerprint density at radius 1 is 1.43 bits per heavy atom. The Morgan fingerprint density at radius 2 is 2.24 bits per heavy atom. The zero-order chi connectivity index (χ0) is 14.8. The number of hydrogen-bond acceptors (Lipinski definition) is 4. The van der Waals surface area contributed by atoms with Gasteiger partial charge in [0, 0.05) is 38.3 Å². The molecule has 3 rings (SSSR count). The summed E-state index contributed by atoms with van der Waals surface area (Å²) >= 11 is 0. The van der Waals surface area contributed by atoms with E-state index in [1.807, 2.05) is 4.90 Å². The molecule has 1 aliphatic heterocycles. The monoisotopic (exact) mass is 291 g/mol. The molecule has 1 aromatic heterocycles. The van der Waals surface area contributed by atoms with Crippen LogP contribution in [0.25, 0.3) is 0 Å². The Balaban J connectivity index is 1.70. The van der Waals surface area contributed by atoms with Gasteiger partial charge in [0.25, 0.3) is 5.91 Å². The van der Waals surface area contributed by atoms with Gasteiger partial charge in [-0.1, -0.05) is 19.0 Å². The molecule has 1 saturated carbocycles. The summed E-state index contributed by atoms with van der Waals surface area (Å²) in [7, 11) is 0. The Labute approximate surface area is 126 Å². The Bertz CT molecular complexity index is 468. The van der Waals surface area contributed by atoms with E-state index < -0.39 is 0 Å². The number of hydrogen-bond donors (Lipinski definition) is 0. The van der Waals surface area contributed by atoms with Crippen LogP contribution in [-0.2, 0) is 0 Å². The molecule has 1 aliphatic carbocycles.